The Labute approximate surface area is 164 Å². The van der Waals surface area contributed by atoms with Crippen molar-refractivity contribution in [3.63, 3.8) is 0 Å². The first kappa shape index (κ1) is 26.6. The summed E-state index contributed by atoms with van der Waals surface area (Å²) in [5, 5.41) is 24.2. The molecule has 0 aliphatic heterocycles. The number of ether oxygens (including phenoxy) is 4. The first-order valence-corrected chi connectivity index (χ1v) is 9.17. The van der Waals surface area contributed by atoms with Gasteiger partial charge in [-0.1, -0.05) is 0 Å². The van der Waals surface area contributed by atoms with E-state index in [0.717, 1.165) is 0 Å². The van der Waals surface area contributed by atoms with E-state index in [1.54, 1.807) is 0 Å². The molecular formula is C16H34N4O8. The zero-order chi connectivity index (χ0) is 21.0. The van der Waals surface area contributed by atoms with Crippen molar-refractivity contribution in [2.24, 2.45) is 11.5 Å². The van der Waals surface area contributed by atoms with E-state index >= 15 is 0 Å². The average Bonchev–Trinajstić information content (AvgIpc) is 2.70. The van der Waals surface area contributed by atoms with Crippen LogP contribution in [0.25, 0.3) is 0 Å². The molecule has 0 aromatic carbocycles. The van der Waals surface area contributed by atoms with Crippen molar-refractivity contribution in [1.82, 2.24) is 10.6 Å². The van der Waals surface area contributed by atoms with E-state index < -0.39 is 24.0 Å². The van der Waals surface area contributed by atoms with Crippen LogP contribution in [0.2, 0.25) is 0 Å². The van der Waals surface area contributed by atoms with Gasteiger partial charge >= 0.3 is 0 Å². The molecule has 0 aliphatic carbocycles. The second kappa shape index (κ2) is 19.0. The molecule has 0 rings (SSSR count). The maximum Gasteiger partial charge on any atom is 0.252 e. The smallest absolute Gasteiger partial charge is 0.252 e. The molecule has 166 valence electrons. The Morgan fingerprint density at radius 1 is 0.643 bits per heavy atom. The van der Waals surface area contributed by atoms with Crippen LogP contribution in [0, 0.1) is 0 Å². The van der Waals surface area contributed by atoms with E-state index in [1.165, 1.54) is 0 Å². The third kappa shape index (κ3) is 14.6. The fourth-order valence-electron chi connectivity index (χ4n) is 1.80. The van der Waals surface area contributed by atoms with Gasteiger partial charge in [-0.15, -0.1) is 0 Å². The van der Waals surface area contributed by atoms with Gasteiger partial charge in [0.25, 0.3) is 11.8 Å². The summed E-state index contributed by atoms with van der Waals surface area (Å²) < 4.78 is 20.6. The van der Waals surface area contributed by atoms with Crippen LogP contribution in [0.3, 0.4) is 0 Å². The zero-order valence-electron chi connectivity index (χ0n) is 16.1. The quantitative estimate of drug-likeness (QED) is 0.114. The first-order valence-electron chi connectivity index (χ1n) is 9.17. The molecule has 12 nitrogen and oxygen atoms in total. The van der Waals surface area contributed by atoms with Crippen LogP contribution in [0.4, 0.5) is 0 Å². The summed E-state index contributed by atoms with van der Waals surface area (Å²) in [4.78, 5) is 23.4. The molecule has 0 aromatic heterocycles. The van der Waals surface area contributed by atoms with Crippen molar-refractivity contribution < 1.29 is 38.7 Å². The second-order valence-corrected chi connectivity index (χ2v) is 5.50. The van der Waals surface area contributed by atoms with Crippen LogP contribution < -0.4 is 22.1 Å². The van der Waals surface area contributed by atoms with Gasteiger partial charge in [-0.25, -0.2) is 0 Å². The van der Waals surface area contributed by atoms with Gasteiger partial charge in [-0.05, 0) is 0 Å². The van der Waals surface area contributed by atoms with Gasteiger partial charge in [-0.3, -0.25) is 9.59 Å². The van der Waals surface area contributed by atoms with Crippen molar-refractivity contribution in [3.05, 3.63) is 0 Å². The topological polar surface area (TPSA) is 188 Å². The van der Waals surface area contributed by atoms with E-state index in [9.17, 15) is 19.8 Å². The Kier molecular flexibility index (Phi) is 18.0. The predicted molar refractivity (Wildman–Crippen MR) is 99.4 cm³/mol. The third-order valence-corrected chi connectivity index (χ3v) is 3.20. The molecule has 2 atom stereocenters. The second-order valence-electron chi connectivity index (χ2n) is 5.50. The fraction of sp³-hybridized carbons (Fsp3) is 0.875. The Bertz CT molecular complexity index is 367. The van der Waals surface area contributed by atoms with Crippen molar-refractivity contribution in [2.75, 3.05) is 79.0 Å². The summed E-state index contributed by atoms with van der Waals surface area (Å²) in [6.07, 6.45) is -3.78. The predicted octanol–water partition coefficient (Wildman–Crippen LogP) is -4.08. The molecule has 0 saturated heterocycles. The molecule has 0 aromatic rings. The van der Waals surface area contributed by atoms with Crippen molar-refractivity contribution in [1.29, 1.82) is 0 Å². The van der Waals surface area contributed by atoms with Crippen LogP contribution in [0.15, 0.2) is 0 Å². The van der Waals surface area contributed by atoms with Gasteiger partial charge in [0, 0.05) is 26.2 Å². The van der Waals surface area contributed by atoms with E-state index in [0.29, 0.717) is 52.7 Å². The summed E-state index contributed by atoms with van der Waals surface area (Å²) in [6, 6.07) is 0. The number of nitrogens with one attached hydrogen (secondary N) is 2. The minimum Gasteiger partial charge on any atom is -0.380 e. The summed E-state index contributed by atoms with van der Waals surface area (Å²) in [5.74, 6) is -1.75. The average molecular weight is 410 g/mol. The Morgan fingerprint density at radius 3 is 1.29 bits per heavy atom. The molecule has 28 heavy (non-hydrogen) atoms. The van der Waals surface area contributed by atoms with Gasteiger partial charge in [0.1, 0.15) is 0 Å². The van der Waals surface area contributed by atoms with Crippen LogP contribution in [-0.2, 0) is 28.5 Å². The third-order valence-electron chi connectivity index (χ3n) is 3.20. The summed E-state index contributed by atoms with van der Waals surface area (Å²) in [5.41, 5.74) is 10.5. The lowest BCUT2D eigenvalue weighted by molar-refractivity contribution is -0.146. The van der Waals surface area contributed by atoms with Crippen LogP contribution in [0.1, 0.15) is 0 Å². The number of hydrogen-bond acceptors (Lipinski definition) is 10. The lowest BCUT2D eigenvalue weighted by atomic mass is 10.2. The highest BCUT2D eigenvalue weighted by molar-refractivity contribution is 5.90. The van der Waals surface area contributed by atoms with Gasteiger partial charge in [0.2, 0.25) is 0 Å². The molecule has 0 saturated carbocycles. The molecule has 0 fully saturated rings. The van der Waals surface area contributed by atoms with Crippen LogP contribution in [-0.4, -0.2) is 113 Å². The number of amides is 2. The summed E-state index contributed by atoms with van der Waals surface area (Å²) in [7, 11) is 0. The molecule has 0 radical (unpaired) electrons. The molecule has 0 unspecified atom stereocenters. The standard InChI is InChI=1S/C16H34N4O8/c17-1-5-25-9-11-27-7-3-19-15(23)13(21)14(22)16(24)20-4-8-28-12-10-26-6-2-18/h13-14,21-22H,1-12,17-18H2,(H,19,23)(H,20,24)/t13-,14-/m1/s1. The molecule has 0 bridgehead atoms. The van der Waals surface area contributed by atoms with Crippen LogP contribution in [0.5, 0.6) is 0 Å². The highest BCUT2D eigenvalue weighted by atomic mass is 16.5. The monoisotopic (exact) mass is 410 g/mol. The zero-order valence-corrected chi connectivity index (χ0v) is 16.1. The largest absolute Gasteiger partial charge is 0.380 e. The number of aliphatic hydroxyl groups excluding tert-OH is 2. The Balaban J connectivity index is 3.73. The lowest BCUT2D eigenvalue weighted by Crippen LogP contribution is -2.50. The molecule has 0 aliphatic rings. The van der Waals surface area contributed by atoms with E-state index in [1.807, 2.05) is 0 Å². The normalized spacial score (nSPS) is 13.1. The summed E-state index contributed by atoms with van der Waals surface area (Å²) in [6.45, 7) is 3.81. The number of nitrogens with two attached hydrogens (primary N) is 2. The summed E-state index contributed by atoms with van der Waals surface area (Å²) >= 11 is 0. The molecule has 12 heteroatoms. The highest BCUT2D eigenvalue weighted by Crippen LogP contribution is 1.94. The van der Waals surface area contributed by atoms with Gasteiger partial charge in [0.15, 0.2) is 12.2 Å². The molecule has 0 spiro atoms. The van der Waals surface area contributed by atoms with E-state index in [2.05, 4.69) is 10.6 Å². The van der Waals surface area contributed by atoms with E-state index in [4.69, 9.17) is 30.4 Å². The fourth-order valence-corrected chi connectivity index (χ4v) is 1.80. The van der Waals surface area contributed by atoms with Crippen molar-refractivity contribution in [2.45, 2.75) is 12.2 Å². The lowest BCUT2D eigenvalue weighted by Gasteiger charge is -2.17. The molecule has 2 amide bonds. The minimum atomic E-state index is -1.89. The minimum absolute atomic E-state index is 0.112. The van der Waals surface area contributed by atoms with Crippen LogP contribution >= 0.6 is 0 Å². The maximum absolute atomic E-state index is 11.7. The molecular weight excluding hydrogens is 376 g/mol. The van der Waals surface area contributed by atoms with Gasteiger partial charge in [0.05, 0.1) is 52.9 Å². The number of hydrogen-bond donors (Lipinski definition) is 6. The van der Waals surface area contributed by atoms with Gasteiger partial charge < -0.3 is 51.3 Å². The molecule has 8 N–H and O–H groups in total. The van der Waals surface area contributed by atoms with E-state index in [-0.39, 0.29) is 26.3 Å². The maximum atomic E-state index is 11.7. The van der Waals surface area contributed by atoms with Crippen molar-refractivity contribution >= 4 is 11.8 Å². The number of carbonyl (C=O) groups excluding carboxylic acids is 2. The number of aliphatic hydroxyl groups is 2. The number of carbonyl (C=O) groups is 2. The number of rotatable bonds is 19. The van der Waals surface area contributed by atoms with Crippen molar-refractivity contribution in [3.8, 4) is 0 Å². The Hall–Kier alpha value is -1.38. The molecule has 0 heterocycles. The Morgan fingerprint density at radius 2 is 0.964 bits per heavy atom. The highest BCUT2D eigenvalue weighted by Gasteiger charge is 2.29. The van der Waals surface area contributed by atoms with Gasteiger partial charge in [-0.2, -0.15) is 0 Å². The SMILES string of the molecule is NCCOCCOCCNC(=O)[C@H](O)[C@@H](O)C(=O)NCCOCCOCCN. The first-order chi connectivity index (χ1) is 13.5.